The van der Waals surface area contributed by atoms with Crippen LogP contribution in [-0.4, -0.2) is 32.0 Å². The largest absolute Gasteiger partial charge is 0.491 e. The van der Waals surface area contributed by atoms with Gasteiger partial charge >= 0.3 is 5.97 Å². The zero-order valence-corrected chi connectivity index (χ0v) is 16.7. The lowest BCUT2D eigenvalue weighted by Gasteiger charge is -2.11. The van der Waals surface area contributed by atoms with Crippen molar-refractivity contribution in [2.75, 3.05) is 16.6 Å². The van der Waals surface area contributed by atoms with Crippen LogP contribution >= 0.6 is 0 Å². The van der Waals surface area contributed by atoms with Crippen molar-refractivity contribution in [1.29, 1.82) is 0 Å². The molecule has 1 saturated carbocycles. The summed E-state index contributed by atoms with van der Waals surface area (Å²) in [5.74, 6) is -2.00. The molecule has 0 aromatic heterocycles. The van der Waals surface area contributed by atoms with E-state index in [2.05, 4.69) is 10.0 Å². The molecule has 0 spiro atoms. The minimum atomic E-state index is -4.04. The summed E-state index contributed by atoms with van der Waals surface area (Å²) in [6.07, 6.45) is 1.85. The number of carbonyl (C=O) groups is 2. The molecule has 30 heavy (non-hydrogen) atoms. The molecule has 8 nitrogen and oxygen atoms in total. The van der Waals surface area contributed by atoms with Crippen LogP contribution in [0.1, 0.15) is 25.7 Å². The third-order valence-electron chi connectivity index (χ3n) is 4.36. The fraction of sp³-hybridized carbons (Fsp3) is 0.300. The first-order valence-corrected chi connectivity index (χ1v) is 10.8. The van der Waals surface area contributed by atoms with Crippen molar-refractivity contribution in [2.45, 2.75) is 30.6 Å². The molecule has 0 unspecified atom stereocenters. The molecule has 2 aromatic rings. The molecule has 0 radical (unpaired) electrons. The number of sulfonamides is 1. The van der Waals surface area contributed by atoms with Gasteiger partial charge in [-0.2, -0.15) is 0 Å². The van der Waals surface area contributed by atoms with Crippen LogP contribution in [0.4, 0.5) is 15.8 Å². The van der Waals surface area contributed by atoms with E-state index >= 15 is 0 Å². The zero-order chi connectivity index (χ0) is 21.7. The summed E-state index contributed by atoms with van der Waals surface area (Å²) in [5.41, 5.74) is 0.819. The van der Waals surface area contributed by atoms with Crippen molar-refractivity contribution in [3.8, 4) is 5.75 Å². The number of ether oxygens (including phenoxy) is 1. The van der Waals surface area contributed by atoms with Crippen LogP contribution in [0.5, 0.6) is 5.75 Å². The van der Waals surface area contributed by atoms with Gasteiger partial charge in [0.2, 0.25) is 5.91 Å². The second-order valence-corrected chi connectivity index (χ2v) is 8.57. The molecule has 160 valence electrons. The van der Waals surface area contributed by atoms with Gasteiger partial charge in [-0.3, -0.25) is 14.3 Å². The van der Waals surface area contributed by atoms with E-state index < -0.39 is 21.8 Å². The number of carbonyl (C=O) groups excluding carboxylic acids is 1. The van der Waals surface area contributed by atoms with Crippen molar-refractivity contribution in [3.05, 3.63) is 48.3 Å². The molecule has 1 amide bonds. The van der Waals surface area contributed by atoms with E-state index in [4.69, 9.17) is 9.84 Å². The summed E-state index contributed by atoms with van der Waals surface area (Å²) in [4.78, 5) is 21.9. The Kier molecular flexibility index (Phi) is 6.56. The number of hydrogen-bond acceptors (Lipinski definition) is 5. The molecule has 2 aromatic carbocycles. The molecule has 0 aliphatic heterocycles. The SMILES string of the molecule is O=C(O)CCCOc1ccc(S(=O)(=O)Nc2ccc(NC(=O)C3CC3)cc2)cc1F. The summed E-state index contributed by atoms with van der Waals surface area (Å²) in [6, 6.07) is 9.36. The first kappa shape index (κ1) is 21.6. The highest BCUT2D eigenvalue weighted by molar-refractivity contribution is 7.92. The van der Waals surface area contributed by atoms with Crippen LogP contribution in [0.15, 0.2) is 47.4 Å². The maximum Gasteiger partial charge on any atom is 0.303 e. The molecule has 10 heteroatoms. The quantitative estimate of drug-likeness (QED) is 0.492. The van der Waals surface area contributed by atoms with E-state index in [1.807, 2.05) is 0 Å². The maximum atomic E-state index is 14.2. The Labute approximate surface area is 173 Å². The predicted octanol–water partition coefficient (Wildman–Crippen LogP) is 3.22. The molecule has 0 atom stereocenters. The Morgan fingerprint density at radius 1 is 1.10 bits per heavy atom. The molecule has 1 aliphatic rings. The van der Waals surface area contributed by atoms with Crippen LogP contribution < -0.4 is 14.8 Å². The number of nitrogens with one attached hydrogen (secondary N) is 2. The number of halogens is 1. The first-order chi connectivity index (χ1) is 14.2. The van der Waals surface area contributed by atoms with Gasteiger partial charge in [-0.25, -0.2) is 12.8 Å². The topological polar surface area (TPSA) is 122 Å². The van der Waals surface area contributed by atoms with Crippen molar-refractivity contribution < 1.29 is 32.2 Å². The van der Waals surface area contributed by atoms with Crippen LogP contribution in [0.3, 0.4) is 0 Å². The number of carboxylic acid groups (broad SMARTS) is 1. The molecule has 3 rings (SSSR count). The van der Waals surface area contributed by atoms with E-state index in [1.165, 1.54) is 24.3 Å². The number of aliphatic carboxylic acids is 1. The Morgan fingerprint density at radius 3 is 2.37 bits per heavy atom. The molecular weight excluding hydrogens is 415 g/mol. The highest BCUT2D eigenvalue weighted by Gasteiger charge is 2.29. The Morgan fingerprint density at radius 2 is 1.77 bits per heavy atom. The molecule has 1 fully saturated rings. The van der Waals surface area contributed by atoms with Crippen LogP contribution in [0.25, 0.3) is 0 Å². The highest BCUT2D eigenvalue weighted by atomic mass is 32.2. The lowest BCUT2D eigenvalue weighted by Crippen LogP contribution is -2.14. The van der Waals surface area contributed by atoms with Gasteiger partial charge in [-0.05, 0) is 61.7 Å². The Hall–Kier alpha value is -3.14. The van der Waals surface area contributed by atoms with Crippen molar-refractivity contribution in [1.82, 2.24) is 0 Å². The van der Waals surface area contributed by atoms with Crippen molar-refractivity contribution >= 4 is 33.3 Å². The molecule has 0 heterocycles. The van der Waals surface area contributed by atoms with Crippen molar-refractivity contribution in [2.24, 2.45) is 5.92 Å². The fourth-order valence-corrected chi connectivity index (χ4v) is 3.67. The smallest absolute Gasteiger partial charge is 0.303 e. The van der Waals surface area contributed by atoms with Crippen LogP contribution in [0, 0.1) is 11.7 Å². The summed E-state index contributed by atoms with van der Waals surface area (Å²) in [5, 5.41) is 11.3. The number of hydrogen-bond donors (Lipinski definition) is 3. The van der Waals surface area contributed by atoms with Crippen LogP contribution in [0.2, 0.25) is 0 Å². The van der Waals surface area contributed by atoms with Gasteiger partial charge < -0.3 is 15.2 Å². The van der Waals surface area contributed by atoms with Crippen LogP contribution in [-0.2, 0) is 19.6 Å². The standard InChI is InChI=1S/C20H21FN2O6S/c21-17-12-16(9-10-18(17)29-11-1-2-19(24)25)30(27,28)23-15-7-5-14(6-8-15)22-20(26)13-3-4-13/h5-10,12-13,23H,1-4,11H2,(H,22,26)(H,24,25). The number of rotatable bonds is 10. The minimum absolute atomic E-state index is 0.00278. The van der Waals surface area contributed by atoms with Gasteiger partial charge in [0.25, 0.3) is 10.0 Å². The van der Waals surface area contributed by atoms with Gasteiger partial charge in [0, 0.05) is 23.7 Å². The van der Waals surface area contributed by atoms with E-state index in [1.54, 1.807) is 12.1 Å². The number of benzene rings is 2. The third kappa shape index (κ3) is 5.93. The van der Waals surface area contributed by atoms with Gasteiger partial charge in [-0.1, -0.05) is 0 Å². The Bertz CT molecular complexity index is 1040. The lowest BCUT2D eigenvalue weighted by molar-refractivity contribution is -0.137. The fourth-order valence-electron chi connectivity index (χ4n) is 2.60. The van der Waals surface area contributed by atoms with Gasteiger partial charge in [0.1, 0.15) is 0 Å². The molecule has 0 bridgehead atoms. The van der Waals surface area contributed by atoms with Gasteiger partial charge in [-0.15, -0.1) is 0 Å². The molecule has 1 aliphatic carbocycles. The number of amides is 1. The lowest BCUT2D eigenvalue weighted by atomic mass is 10.2. The van der Waals surface area contributed by atoms with E-state index in [-0.39, 0.29) is 47.6 Å². The van der Waals surface area contributed by atoms with Gasteiger partial charge in [0.05, 0.1) is 11.5 Å². The third-order valence-corrected chi connectivity index (χ3v) is 5.74. The number of carboxylic acids is 1. The number of anilines is 2. The second-order valence-electron chi connectivity index (χ2n) is 6.88. The monoisotopic (exact) mass is 436 g/mol. The average Bonchev–Trinajstić information content (AvgIpc) is 3.52. The van der Waals surface area contributed by atoms with Crippen molar-refractivity contribution in [3.63, 3.8) is 0 Å². The zero-order valence-electron chi connectivity index (χ0n) is 15.9. The van der Waals surface area contributed by atoms with E-state index in [9.17, 15) is 22.4 Å². The molecule has 0 saturated heterocycles. The second kappa shape index (κ2) is 9.12. The predicted molar refractivity (Wildman–Crippen MR) is 107 cm³/mol. The summed E-state index contributed by atoms with van der Waals surface area (Å²) in [7, 11) is -4.04. The summed E-state index contributed by atoms with van der Waals surface area (Å²) in [6.45, 7) is -0.00278. The minimum Gasteiger partial charge on any atom is -0.491 e. The normalized spacial score (nSPS) is 13.5. The summed E-state index contributed by atoms with van der Waals surface area (Å²) < 4.78 is 46.7. The summed E-state index contributed by atoms with van der Waals surface area (Å²) >= 11 is 0. The molecular formula is C20H21FN2O6S. The maximum absolute atomic E-state index is 14.2. The van der Waals surface area contributed by atoms with E-state index in [0.717, 1.165) is 18.9 Å². The average molecular weight is 436 g/mol. The highest BCUT2D eigenvalue weighted by Crippen LogP contribution is 2.30. The molecule has 3 N–H and O–H groups in total. The van der Waals surface area contributed by atoms with Gasteiger partial charge in [0.15, 0.2) is 11.6 Å². The van der Waals surface area contributed by atoms with E-state index in [0.29, 0.717) is 5.69 Å². The first-order valence-electron chi connectivity index (χ1n) is 9.32. The Balaban J connectivity index is 1.61.